The zero-order chi connectivity index (χ0) is 13.3. The molecule has 5 nitrogen and oxygen atoms in total. The molecule has 2 aromatic rings. The molecule has 0 bridgehead atoms. The first kappa shape index (κ1) is 12.4. The van der Waals surface area contributed by atoms with Crippen LogP contribution in [0.4, 0.5) is 5.95 Å². The van der Waals surface area contributed by atoms with Crippen molar-refractivity contribution < 1.29 is 4.79 Å². The van der Waals surface area contributed by atoms with Crippen LogP contribution in [0, 0.1) is 5.92 Å². The van der Waals surface area contributed by atoms with Crippen LogP contribution in [0.1, 0.15) is 13.8 Å². The average Bonchev–Trinajstić information content (AvgIpc) is 2.63. The Hall–Kier alpha value is -2.04. The molecule has 1 amide bonds. The van der Waals surface area contributed by atoms with Gasteiger partial charge in [-0.1, -0.05) is 26.0 Å². The fourth-order valence-corrected chi connectivity index (χ4v) is 1.98. The van der Waals surface area contributed by atoms with Crippen LogP contribution in [0.2, 0.25) is 0 Å². The quantitative estimate of drug-likeness (QED) is 0.858. The summed E-state index contributed by atoms with van der Waals surface area (Å²) in [6.07, 6.45) is 0. The number of primary amides is 1. The highest BCUT2D eigenvalue weighted by Gasteiger charge is 2.21. The SMILES string of the molecule is CC(C)C(Nc1nc2ccccc2n1C)C(N)=O. The number of rotatable bonds is 4. The second kappa shape index (κ2) is 4.68. The molecule has 0 fully saturated rings. The predicted molar refractivity (Wildman–Crippen MR) is 72.2 cm³/mol. The van der Waals surface area contributed by atoms with Crippen molar-refractivity contribution in [2.24, 2.45) is 18.7 Å². The van der Waals surface area contributed by atoms with Gasteiger partial charge in [-0.25, -0.2) is 4.98 Å². The minimum atomic E-state index is -0.416. The van der Waals surface area contributed by atoms with Crippen molar-refractivity contribution >= 4 is 22.9 Å². The predicted octanol–water partition coefficient (Wildman–Crippen LogP) is 1.50. The van der Waals surface area contributed by atoms with Crippen molar-refractivity contribution in [3.63, 3.8) is 0 Å². The number of nitrogens with one attached hydrogen (secondary N) is 1. The number of anilines is 1. The Morgan fingerprint density at radius 2 is 2.06 bits per heavy atom. The third kappa shape index (κ3) is 2.16. The van der Waals surface area contributed by atoms with Crippen LogP contribution in [0.3, 0.4) is 0 Å². The van der Waals surface area contributed by atoms with Crippen molar-refractivity contribution in [3.05, 3.63) is 24.3 Å². The summed E-state index contributed by atoms with van der Waals surface area (Å²) in [5.74, 6) is 0.410. The standard InChI is InChI=1S/C13H18N4O/c1-8(2)11(12(14)18)16-13-15-9-6-4-5-7-10(9)17(13)3/h4-8,11H,1-3H3,(H2,14,18)(H,15,16). The number of amides is 1. The van der Waals surface area contributed by atoms with Crippen molar-refractivity contribution in [1.29, 1.82) is 0 Å². The lowest BCUT2D eigenvalue weighted by Crippen LogP contribution is -2.40. The van der Waals surface area contributed by atoms with Gasteiger partial charge in [-0.05, 0) is 18.1 Å². The molecule has 0 aliphatic heterocycles. The highest BCUT2D eigenvalue weighted by molar-refractivity contribution is 5.84. The summed E-state index contributed by atoms with van der Waals surface area (Å²) < 4.78 is 1.92. The lowest BCUT2D eigenvalue weighted by molar-refractivity contribution is -0.119. The van der Waals surface area contributed by atoms with Gasteiger partial charge in [-0.3, -0.25) is 4.79 Å². The van der Waals surface area contributed by atoms with Crippen molar-refractivity contribution in [2.45, 2.75) is 19.9 Å². The number of aromatic nitrogens is 2. The highest BCUT2D eigenvalue weighted by atomic mass is 16.1. The molecule has 1 aromatic heterocycles. The number of nitrogens with two attached hydrogens (primary N) is 1. The van der Waals surface area contributed by atoms with E-state index in [4.69, 9.17) is 5.73 Å². The van der Waals surface area contributed by atoms with Crippen molar-refractivity contribution in [3.8, 4) is 0 Å². The van der Waals surface area contributed by atoms with E-state index in [9.17, 15) is 4.79 Å². The molecule has 0 aliphatic rings. The molecule has 0 aliphatic carbocycles. The van der Waals surface area contributed by atoms with E-state index in [0.29, 0.717) is 5.95 Å². The summed E-state index contributed by atoms with van der Waals surface area (Å²) in [5.41, 5.74) is 7.31. The molecule has 0 saturated carbocycles. The third-order valence-electron chi connectivity index (χ3n) is 3.04. The van der Waals surface area contributed by atoms with Gasteiger partial charge in [0.15, 0.2) is 0 Å². The topological polar surface area (TPSA) is 72.9 Å². The monoisotopic (exact) mass is 246 g/mol. The molecule has 2 rings (SSSR count). The molecule has 0 radical (unpaired) electrons. The molecule has 1 unspecified atom stereocenters. The lowest BCUT2D eigenvalue weighted by atomic mass is 10.0. The number of aryl methyl sites for hydroxylation is 1. The molecule has 0 saturated heterocycles. The van der Waals surface area contributed by atoms with E-state index in [1.807, 2.05) is 49.7 Å². The minimum Gasteiger partial charge on any atom is -0.368 e. The number of carbonyl (C=O) groups is 1. The van der Waals surface area contributed by atoms with Gasteiger partial charge >= 0.3 is 0 Å². The van der Waals surface area contributed by atoms with Crippen LogP contribution in [-0.4, -0.2) is 21.5 Å². The van der Waals surface area contributed by atoms with Crippen molar-refractivity contribution in [1.82, 2.24) is 9.55 Å². The zero-order valence-electron chi connectivity index (χ0n) is 10.8. The Morgan fingerprint density at radius 1 is 1.39 bits per heavy atom. The minimum absolute atomic E-state index is 0.113. The number of fused-ring (bicyclic) bond motifs is 1. The zero-order valence-corrected chi connectivity index (χ0v) is 10.8. The molecule has 1 atom stereocenters. The van der Waals surface area contributed by atoms with Gasteiger partial charge in [0, 0.05) is 7.05 Å². The molecular formula is C13H18N4O. The van der Waals surface area contributed by atoms with E-state index in [0.717, 1.165) is 11.0 Å². The van der Waals surface area contributed by atoms with Gasteiger partial charge in [-0.15, -0.1) is 0 Å². The van der Waals surface area contributed by atoms with E-state index in [1.165, 1.54) is 0 Å². The van der Waals surface area contributed by atoms with E-state index < -0.39 is 6.04 Å². The van der Waals surface area contributed by atoms with E-state index >= 15 is 0 Å². The largest absolute Gasteiger partial charge is 0.368 e. The Bertz CT molecular complexity index is 573. The Kier molecular flexibility index (Phi) is 3.23. The normalized spacial score (nSPS) is 12.9. The number of benzene rings is 1. The Morgan fingerprint density at radius 3 is 2.61 bits per heavy atom. The highest BCUT2D eigenvalue weighted by Crippen LogP contribution is 2.19. The van der Waals surface area contributed by atoms with Gasteiger partial charge in [-0.2, -0.15) is 0 Å². The van der Waals surface area contributed by atoms with Gasteiger partial charge < -0.3 is 15.6 Å². The Labute approximate surface area is 106 Å². The van der Waals surface area contributed by atoms with Crippen LogP contribution < -0.4 is 11.1 Å². The number of para-hydroxylation sites is 2. The maximum Gasteiger partial charge on any atom is 0.240 e. The lowest BCUT2D eigenvalue weighted by Gasteiger charge is -2.19. The average molecular weight is 246 g/mol. The number of carbonyl (C=O) groups excluding carboxylic acids is 1. The van der Waals surface area contributed by atoms with E-state index in [1.54, 1.807) is 0 Å². The number of hydrogen-bond acceptors (Lipinski definition) is 3. The molecule has 96 valence electrons. The molecule has 3 N–H and O–H groups in total. The number of imidazole rings is 1. The Balaban J connectivity index is 2.36. The maximum atomic E-state index is 11.4. The summed E-state index contributed by atoms with van der Waals surface area (Å²) in [6.45, 7) is 3.90. The van der Waals surface area contributed by atoms with Crippen LogP contribution in [0.15, 0.2) is 24.3 Å². The summed E-state index contributed by atoms with van der Waals surface area (Å²) in [7, 11) is 1.91. The van der Waals surface area contributed by atoms with Gasteiger partial charge in [0.2, 0.25) is 11.9 Å². The summed E-state index contributed by atoms with van der Waals surface area (Å²) in [5, 5.41) is 3.11. The molecular weight excluding hydrogens is 228 g/mol. The summed E-state index contributed by atoms with van der Waals surface area (Å²) in [6, 6.07) is 7.41. The fraction of sp³-hybridized carbons (Fsp3) is 0.385. The van der Waals surface area contributed by atoms with Gasteiger partial charge in [0.25, 0.3) is 0 Å². The van der Waals surface area contributed by atoms with Crippen LogP contribution >= 0.6 is 0 Å². The first-order chi connectivity index (χ1) is 8.50. The number of nitrogens with zero attached hydrogens (tertiary/aromatic N) is 2. The molecule has 0 spiro atoms. The number of hydrogen-bond donors (Lipinski definition) is 2. The van der Waals surface area contributed by atoms with E-state index in [-0.39, 0.29) is 11.8 Å². The molecule has 1 heterocycles. The summed E-state index contributed by atoms with van der Waals surface area (Å²) in [4.78, 5) is 15.9. The smallest absolute Gasteiger partial charge is 0.240 e. The van der Waals surface area contributed by atoms with Gasteiger partial charge in [0.05, 0.1) is 11.0 Å². The van der Waals surface area contributed by atoms with Crippen molar-refractivity contribution in [2.75, 3.05) is 5.32 Å². The van der Waals surface area contributed by atoms with E-state index in [2.05, 4.69) is 10.3 Å². The molecule has 18 heavy (non-hydrogen) atoms. The fourth-order valence-electron chi connectivity index (χ4n) is 1.98. The van der Waals surface area contributed by atoms with Gasteiger partial charge in [0.1, 0.15) is 6.04 Å². The molecule has 1 aromatic carbocycles. The van der Waals surface area contributed by atoms with Crippen LogP contribution in [0.5, 0.6) is 0 Å². The first-order valence-corrected chi connectivity index (χ1v) is 5.98. The summed E-state index contributed by atoms with van der Waals surface area (Å²) >= 11 is 0. The van der Waals surface area contributed by atoms with Crippen LogP contribution in [0.25, 0.3) is 11.0 Å². The first-order valence-electron chi connectivity index (χ1n) is 5.98. The van der Waals surface area contributed by atoms with Crippen LogP contribution in [-0.2, 0) is 11.8 Å². The second-order valence-electron chi connectivity index (χ2n) is 4.75. The second-order valence-corrected chi connectivity index (χ2v) is 4.75. The maximum absolute atomic E-state index is 11.4. The third-order valence-corrected chi connectivity index (χ3v) is 3.04. The molecule has 5 heteroatoms.